The molecule has 1 atom stereocenters. The molecule has 0 saturated heterocycles. The van der Waals surface area contributed by atoms with Crippen LogP contribution in [0.15, 0.2) is 18.2 Å². The molecule has 20 heavy (non-hydrogen) atoms. The van der Waals surface area contributed by atoms with Crippen molar-refractivity contribution in [2.75, 3.05) is 39.6 Å². The maximum atomic E-state index is 12.4. The van der Waals surface area contributed by atoms with Crippen molar-refractivity contribution in [2.24, 2.45) is 5.92 Å². The first-order valence-corrected chi connectivity index (χ1v) is 6.67. The van der Waals surface area contributed by atoms with E-state index < -0.39 is 0 Å². The largest absolute Gasteiger partial charge is 0.482 e. The lowest BCUT2D eigenvalue weighted by Crippen LogP contribution is -2.40. The van der Waals surface area contributed by atoms with Crippen LogP contribution >= 0.6 is 0 Å². The highest BCUT2D eigenvalue weighted by molar-refractivity contribution is 6.00. The number of hydrogen-bond acceptors (Lipinski definition) is 3. The Bertz CT molecular complexity index is 547. The summed E-state index contributed by atoms with van der Waals surface area (Å²) in [6.07, 6.45) is 0. The van der Waals surface area contributed by atoms with Crippen LogP contribution in [0, 0.1) is 5.92 Å². The molecule has 0 radical (unpaired) electrons. The summed E-state index contributed by atoms with van der Waals surface area (Å²) in [4.78, 5) is 23.6. The molecule has 108 valence electrons. The molecule has 1 aliphatic rings. The first kappa shape index (κ1) is 14.5. The highest BCUT2D eigenvalue weighted by atomic mass is 16.5. The summed E-state index contributed by atoms with van der Waals surface area (Å²) in [6, 6.07) is 5.17. The number of hydrogen-bond donors (Lipinski definition) is 1. The first-order valence-electron chi connectivity index (χ1n) is 6.67. The summed E-state index contributed by atoms with van der Waals surface area (Å²) in [6.45, 7) is 2.71. The van der Waals surface area contributed by atoms with Crippen LogP contribution in [-0.4, -0.2) is 50.5 Å². The predicted molar refractivity (Wildman–Crippen MR) is 77.0 cm³/mol. The number of anilines is 1. The zero-order chi connectivity index (χ0) is 14.9. The Labute approximate surface area is 119 Å². The second-order valence-corrected chi connectivity index (χ2v) is 6.29. The molecule has 0 aromatic heterocycles. The minimum Gasteiger partial charge on any atom is -0.482 e. The molecule has 1 heterocycles. The van der Waals surface area contributed by atoms with Gasteiger partial charge in [-0.25, -0.2) is 0 Å². The fourth-order valence-corrected chi connectivity index (χ4v) is 2.42. The molecule has 0 fully saturated rings. The lowest BCUT2D eigenvalue weighted by atomic mass is 9.97. The van der Waals surface area contributed by atoms with Gasteiger partial charge >= 0.3 is 0 Å². The van der Waals surface area contributed by atoms with Gasteiger partial charge in [-0.2, -0.15) is 0 Å². The molecule has 1 aromatic rings. The number of amides is 1. The third kappa shape index (κ3) is 3.36. The Hall–Kier alpha value is -1.88. The van der Waals surface area contributed by atoms with E-state index in [-0.39, 0.29) is 24.2 Å². The summed E-state index contributed by atoms with van der Waals surface area (Å²) < 4.78 is 6.08. The van der Waals surface area contributed by atoms with Crippen molar-refractivity contribution in [1.82, 2.24) is 0 Å². The molecule has 1 aromatic carbocycles. The number of ether oxygens (including phenoxy) is 1. The van der Waals surface area contributed by atoms with Crippen LogP contribution in [0.4, 0.5) is 5.69 Å². The van der Waals surface area contributed by atoms with Gasteiger partial charge in [-0.3, -0.25) is 9.59 Å². The standard InChI is InChI=1S/C15H20N2O3/c1-10(8-17(2,3)4)15(19)11-5-6-12-13(7-11)20-9-14(18)16-12/h5-7,10H,8-9H2,1-4H3/p+1. The van der Waals surface area contributed by atoms with Gasteiger partial charge in [0, 0.05) is 5.56 Å². The van der Waals surface area contributed by atoms with Gasteiger partial charge in [0.1, 0.15) is 5.75 Å². The van der Waals surface area contributed by atoms with Gasteiger partial charge in [-0.15, -0.1) is 0 Å². The van der Waals surface area contributed by atoms with E-state index in [4.69, 9.17) is 4.74 Å². The SMILES string of the molecule is CC(C[N+](C)(C)C)C(=O)c1ccc2c(c1)OCC(=O)N2. The van der Waals surface area contributed by atoms with Gasteiger partial charge in [-0.1, -0.05) is 0 Å². The Morgan fingerprint density at radius 3 is 2.75 bits per heavy atom. The maximum Gasteiger partial charge on any atom is 0.262 e. The van der Waals surface area contributed by atoms with E-state index in [0.717, 1.165) is 11.0 Å². The first-order chi connectivity index (χ1) is 9.26. The van der Waals surface area contributed by atoms with Crippen LogP contribution in [0.2, 0.25) is 0 Å². The second-order valence-electron chi connectivity index (χ2n) is 6.29. The third-order valence-corrected chi connectivity index (χ3v) is 3.17. The minimum absolute atomic E-state index is 0.000915. The van der Waals surface area contributed by atoms with Crippen LogP contribution in [0.1, 0.15) is 17.3 Å². The smallest absolute Gasteiger partial charge is 0.262 e. The molecule has 2 rings (SSSR count). The molecule has 0 spiro atoms. The number of nitrogens with zero attached hydrogens (tertiary/aromatic N) is 1. The molecule has 5 heteroatoms. The van der Waals surface area contributed by atoms with Gasteiger partial charge in [0.2, 0.25) is 0 Å². The van der Waals surface area contributed by atoms with E-state index in [1.165, 1.54) is 0 Å². The average molecular weight is 277 g/mol. The molecule has 0 saturated carbocycles. The lowest BCUT2D eigenvalue weighted by Gasteiger charge is -2.27. The highest BCUT2D eigenvalue weighted by Gasteiger charge is 2.24. The normalized spacial score (nSPS) is 15.9. The monoisotopic (exact) mass is 277 g/mol. The maximum absolute atomic E-state index is 12.4. The van der Waals surface area contributed by atoms with Gasteiger partial charge in [0.25, 0.3) is 5.91 Å². The average Bonchev–Trinajstić information content (AvgIpc) is 2.35. The van der Waals surface area contributed by atoms with Crippen molar-refractivity contribution in [2.45, 2.75) is 6.92 Å². The van der Waals surface area contributed by atoms with Crippen molar-refractivity contribution < 1.29 is 18.8 Å². The number of Topliss-reactive ketones (excluding diaryl/α,β-unsaturated/α-hetero) is 1. The van der Waals surface area contributed by atoms with E-state index in [1.807, 2.05) is 6.92 Å². The Balaban J connectivity index is 2.17. The molecule has 1 unspecified atom stereocenters. The van der Waals surface area contributed by atoms with Gasteiger partial charge in [-0.05, 0) is 25.1 Å². The summed E-state index contributed by atoms with van der Waals surface area (Å²) in [7, 11) is 6.19. The fourth-order valence-electron chi connectivity index (χ4n) is 2.42. The van der Waals surface area contributed by atoms with Gasteiger partial charge in [0.15, 0.2) is 12.4 Å². The summed E-state index contributed by atoms with van der Waals surface area (Å²) in [5, 5.41) is 2.72. The van der Waals surface area contributed by atoms with Crippen LogP contribution in [0.3, 0.4) is 0 Å². The van der Waals surface area contributed by atoms with Gasteiger partial charge in [0.05, 0.1) is 39.3 Å². The van der Waals surface area contributed by atoms with Crippen LogP contribution in [-0.2, 0) is 4.79 Å². The summed E-state index contributed by atoms with van der Waals surface area (Å²) >= 11 is 0. The number of carbonyl (C=O) groups is 2. The molecular weight excluding hydrogens is 256 g/mol. The third-order valence-electron chi connectivity index (χ3n) is 3.17. The van der Waals surface area contributed by atoms with Crippen LogP contribution in [0.25, 0.3) is 0 Å². The van der Waals surface area contributed by atoms with Crippen molar-refractivity contribution in [3.05, 3.63) is 23.8 Å². The van der Waals surface area contributed by atoms with Crippen LogP contribution < -0.4 is 10.1 Å². The quantitative estimate of drug-likeness (QED) is 0.671. The summed E-state index contributed by atoms with van der Waals surface area (Å²) in [5.74, 6) is 0.426. The number of quaternary nitrogens is 1. The van der Waals surface area contributed by atoms with Crippen molar-refractivity contribution >= 4 is 17.4 Å². The molecule has 0 aliphatic carbocycles. The molecule has 0 bridgehead atoms. The number of fused-ring (bicyclic) bond motifs is 1. The second kappa shape index (κ2) is 5.25. The van der Waals surface area contributed by atoms with E-state index in [9.17, 15) is 9.59 Å². The number of rotatable bonds is 4. The topological polar surface area (TPSA) is 55.4 Å². The molecule has 1 aliphatic heterocycles. The molecule has 1 N–H and O–H groups in total. The van der Waals surface area contributed by atoms with E-state index >= 15 is 0 Å². The lowest BCUT2D eigenvalue weighted by molar-refractivity contribution is -0.872. The summed E-state index contributed by atoms with van der Waals surface area (Å²) in [5.41, 5.74) is 1.25. The van der Waals surface area contributed by atoms with Crippen molar-refractivity contribution in [1.29, 1.82) is 0 Å². The van der Waals surface area contributed by atoms with E-state index in [2.05, 4.69) is 26.5 Å². The fraction of sp³-hybridized carbons (Fsp3) is 0.467. The predicted octanol–water partition coefficient (Wildman–Crippen LogP) is 1.54. The minimum atomic E-state index is -0.171. The van der Waals surface area contributed by atoms with E-state index in [0.29, 0.717) is 17.0 Å². The zero-order valence-corrected chi connectivity index (χ0v) is 12.4. The molecule has 1 amide bonds. The number of carbonyl (C=O) groups excluding carboxylic acids is 2. The van der Waals surface area contributed by atoms with Crippen LogP contribution in [0.5, 0.6) is 5.75 Å². The molecular formula is C15H21N2O3+. The highest BCUT2D eigenvalue weighted by Crippen LogP contribution is 2.29. The van der Waals surface area contributed by atoms with Crippen molar-refractivity contribution in [3.63, 3.8) is 0 Å². The zero-order valence-electron chi connectivity index (χ0n) is 12.4. The Kier molecular flexibility index (Phi) is 3.81. The van der Waals surface area contributed by atoms with Crippen molar-refractivity contribution in [3.8, 4) is 5.75 Å². The van der Waals surface area contributed by atoms with Gasteiger partial charge < -0.3 is 14.5 Å². The Morgan fingerprint density at radius 2 is 2.10 bits per heavy atom. The number of nitrogens with one attached hydrogen (secondary N) is 1. The molecule has 5 nitrogen and oxygen atoms in total. The van der Waals surface area contributed by atoms with E-state index in [1.54, 1.807) is 18.2 Å². The Morgan fingerprint density at radius 1 is 1.40 bits per heavy atom. The number of ketones is 1. The number of benzene rings is 1.